The molecule has 178 valence electrons. The fourth-order valence-electron chi connectivity index (χ4n) is 3.84. The first kappa shape index (κ1) is 24.0. The molecule has 1 N–H and O–H groups in total. The molecule has 0 atom stereocenters. The predicted molar refractivity (Wildman–Crippen MR) is 121 cm³/mol. The molecule has 0 aliphatic carbocycles. The minimum Gasteiger partial charge on any atom is -0.333 e. The van der Waals surface area contributed by atoms with Crippen molar-refractivity contribution < 1.29 is 26.7 Å². The number of hydrogen-bond acceptors (Lipinski definition) is 2. The van der Waals surface area contributed by atoms with Crippen LogP contribution < -0.4 is 5.32 Å². The van der Waals surface area contributed by atoms with Crippen LogP contribution in [0.2, 0.25) is 0 Å². The lowest BCUT2D eigenvalue weighted by atomic mass is 10.0. The van der Waals surface area contributed by atoms with Gasteiger partial charge in [0, 0.05) is 17.3 Å². The third-order valence-corrected chi connectivity index (χ3v) is 5.80. The number of hydrogen-bond donors (Lipinski definition) is 1. The highest BCUT2D eigenvalue weighted by Crippen LogP contribution is 2.35. The molecular formula is C26H18F5N3O. The number of nitriles is 1. The quantitative estimate of drug-likeness (QED) is 0.323. The standard InChI is InChI=1S/C26H18F5N3O/c1-25(2,24(35)33-19-8-5-16(14-32)21(13-19)26(29,30)31)34-10-9-20-22(28)11-17(12-23(20)34)15-3-6-18(27)7-4-15/h3-13H,1-2H3,(H,33,35). The highest BCUT2D eigenvalue weighted by molar-refractivity contribution is 5.98. The topological polar surface area (TPSA) is 57.8 Å². The number of nitrogens with zero attached hydrogens (tertiary/aromatic N) is 2. The van der Waals surface area contributed by atoms with Crippen molar-refractivity contribution in [1.29, 1.82) is 5.26 Å². The van der Waals surface area contributed by atoms with E-state index in [1.165, 1.54) is 59.3 Å². The van der Waals surface area contributed by atoms with Gasteiger partial charge in [0.2, 0.25) is 5.91 Å². The molecule has 0 saturated carbocycles. The third-order valence-electron chi connectivity index (χ3n) is 5.80. The van der Waals surface area contributed by atoms with Crippen molar-refractivity contribution in [2.75, 3.05) is 5.32 Å². The largest absolute Gasteiger partial charge is 0.417 e. The van der Waals surface area contributed by atoms with Gasteiger partial charge in [-0.1, -0.05) is 12.1 Å². The molecule has 1 aromatic heterocycles. The number of fused-ring (bicyclic) bond motifs is 1. The summed E-state index contributed by atoms with van der Waals surface area (Å²) in [6, 6.07) is 14.4. The molecular weight excluding hydrogens is 465 g/mol. The maximum atomic E-state index is 14.9. The first-order valence-electron chi connectivity index (χ1n) is 10.4. The molecule has 0 fully saturated rings. The van der Waals surface area contributed by atoms with E-state index in [2.05, 4.69) is 5.32 Å². The molecule has 1 amide bonds. The van der Waals surface area contributed by atoms with E-state index in [1.807, 2.05) is 0 Å². The van der Waals surface area contributed by atoms with Crippen molar-refractivity contribution >= 4 is 22.5 Å². The molecule has 4 nitrogen and oxygen atoms in total. The Hall–Kier alpha value is -4.19. The number of anilines is 1. The van der Waals surface area contributed by atoms with Gasteiger partial charge in [0.25, 0.3) is 0 Å². The summed E-state index contributed by atoms with van der Waals surface area (Å²) in [5.74, 6) is -1.63. The Balaban J connectivity index is 1.72. The molecule has 0 bridgehead atoms. The van der Waals surface area contributed by atoms with E-state index < -0.39 is 40.4 Å². The average Bonchev–Trinajstić information content (AvgIpc) is 3.24. The summed E-state index contributed by atoms with van der Waals surface area (Å²) in [5.41, 5.74) is -1.79. The average molecular weight is 483 g/mol. The van der Waals surface area contributed by atoms with Gasteiger partial charge in [0.15, 0.2) is 0 Å². The van der Waals surface area contributed by atoms with Crippen LogP contribution in [-0.4, -0.2) is 10.5 Å². The number of rotatable bonds is 4. The Morgan fingerprint density at radius 3 is 2.26 bits per heavy atom. The van der Waals surface area contributed by atoms with Gasteiger partial charge >= 0.3 is 6.18 Å². The summed E-state index contributed by atoms with van der Waals surface area (Å²) in [6.07, 6.45) is -3.26. The zero-order valence-electron chi connectivity index (χ0n) is 18.5. The van der Waals surface area contributed by atoms with Crippen molar-refractivity contribution in [2.45, 2.75) is 25.6 Å². The van der Waals surface area contributed by atoms with Gasteiger partial charge in [0.1, 0.15) is 17.2 Å². The minimum atomic E-state index is -4.77. The molecule has 3 aromatic carbocycles. The summed E-state index contributed by atoms with van der Waals surface area (Å²) in [6.45, 7) is 3.08. The van der Waals surface area contributed by atoms with Gasteiger partial charge in [-0.25, -0.2) is 8.78 Å². The van der Waals surface area contributed by atoms with Gasteiger partial charge in [-0.05, 0) is 73.5 Å². The second-order valence-electron chi connectivity index (χ2n) is 8.47. The second-order valence-corrected chi connectivity index (χ2v) is 8.47. The van der Waals surface area contributed by atoms with Crippen LogP contribution in [0.25, 0.3) is 22.0 Å². The van der Waals surface area contributed by atoms with Crippen LogP contribution in [0.3, 0.4) is 0 Å². The molecule has 4 rings (SSSR count). The molecule has 1 heterocycles. The molecule has 0 spiro atoms. The van der Waals surface area contributed by atoms with Crippen LogP contribution in [-0.2, 0) is 16.5 Å². The fourth-order valence-corrected chi connectivity index (χ4v) is 3.84. The lowest BCUT2D eigenvalue weighted by molar-refractivity contribution is -0.137. The predicted octanol–water partition coefficient (Wildman–Crippen LogP) is 6.85. The Labute approximate surface area is 197 Å². The molecule has 35 heavy (non-hydrogen) atoms. The summed E-state index contributed by atoms with van der Waals surface area (Å²) >= 11 is 0. The van der Waals surface area contributed by atoms with Crippen LogP contribution in [0.1, 0.15) is 25.0 Å². The summed E-state index contributed by atoms with van der Waals surface area (Å²) in [4.78, 5) is 13.2. The van der Waals surface area contributed by atoms with Gasteiger partial charge in [0.05, 0.1) is 22.7 Å². The van der Waals surface area contributed by atoms with Crippen LogP contribution in [0.15, 0.2) is 66.9 Å². The zero-order valence-corrected chi connectivity index (χ0v) is 18.5. The van der Waals surface area contributed by atoms with E-state index >= 15 is 0 Å². The third kappa shape index (κ3) is 4.47. The number of benzene rings is 3. The van der Waals surface area contributed by atoms with Crippen molar-refractivity contribution in [2.24, 2.45) is 0 Å². The highest BCUT2D eigenvalue weighted by atomic mass is 19.4. The highest BCUT2D eigenvalue weighted by Gasteiger charge is 2.35. The van der Waals surface area contributed by atoms with Crippen LogP contribution in [0, 0.1) is 23.0 Å². The van der Waals surface area contributed by atoms with Gasteiger partial charge in [-0.2, -0.15) is 18.4 Å². The van der Waals surface area contributed by atoms with Crippen molar-refractivity contribution in [3.05, 3.63) is 89.6 Å². The first-order valence-corrected chi connectivity index (χ1v) is 10.4. The number of carbonyl (C=O) groups excluding carboxylic acids is 1. The zero-order chi connectivity index (χ0) is 25.5. The number of carbonyl (C=O) groups is 1. The van der Waals surface area contributed by atoms with Crippen LogP contribution in [0.4, 0.5) is 27.6 Å². The molecule has 0 radical (unpaired) electrons. The lowest BCUT2D eigenvalue weighted by Crippen LogP contribution is -2.40. The maximum Gasteiger partial charge on any atom is 0.417 e. The van der Waals surface area contributed by atoms with E-state index in [0.717, 1.165) is 6.07 Å². The number of amides is 1. The summed E-state index contributed by atoms with van der Waals surface area (Å²) in [7, 11) is 0. The van der Waals surface area contributed by atoms with E-state index in [-0.39, 0.29) is 11.1 Å². The van der Waals surface area contributed by atoms with Crippen LogP contribution in [0.5, 0.6) is 0 Å². The Morgan fingerprint density at radius 1 is 0.943 bits per heavy atom. The van der Waals surface area contributed by atoms with Gasteiger partial charge < -0.3 is 9.88 Å². The van der Waals surface area contributed by atoms with Crippen molar-refractivity contribution in [3.63, 3.8) is 0 Å². The normalized spacial score (nSPS) is 11.9. The molecule has 9 heteroatoms. The van der Waals surface area contributed by atoms with Crippen molar-refractivity contribution in [3.8, 4) is 17.2 Å². The smallest absolute Gasteiger partial charge is 0.333 e. The second kappa shape index (κ2) is 8.55. The SMILES string of the molecule is CC(C)(C(=O)Nc1ccc(C#N)c(C(F)(F)F)c1)n1ccc2c(F)cc(-c3ccc(F)cc3)cc21. The van der Waals surface area contributed by atoms with E-state index in [1.54, 1.807) is 19.9 Å². The monoisotopic (exact) mass is 483 g/mol. The molecule has 0 unspecified atom stereocenters. The molecule has 4 aromatic rings. The van der Waals surface area contributed by atoms with E-state index in [9.17, 15) is 26.7 Å². The van der Waals surface area contributed by atoms with Crippen molar-refractivity contribution in [1.82, 2.24) is 4.57 Å². The number of alkyl halides is 3. The maximum absolute atomic E-state index is 14.9. The minimum absolute atomic E-state index is 0.135. The summed E-state index contributed by atoms with van der Waals surface area (Å²) in [5, 5.41) is 11.7. The van der Waals surface area contributed by atoms with Crippen LogP contribution >= 0.6 is 0 Å². The molecule has 0 aliphatic rings. The molecule has 0 aliphatic heterocycles. The number of halogens is 5. The van der Waals surface area contributed by atoms with E-state index in [0.29, 0.717) is 22.7 Å². The Morgan fingerprint density at radius 2 is 1.63 bits per heavy atom. The van der Waals surface area contributed by atoms with Gasteiger partial charge in [-0.15, -0.1) is 0 Å². The molecule has 0 saturated heterocycles. The Kier molecular flexibility index (Phi) is 5.85. The van der Waals surface area contributed by atoms with Gasteiger partial charge in [-0.3, -0.25) is 4.79 Å². The van der Waals surface area contributed by atoms with E-state index in [4.69, 9.17) is 5.26 Å². The first-order chi connectivity index (χ1) is 16.4. The lowest BCUT2D eigenvalue weighted by Gasteiger charge is -2.27. The summed E-state index contributed by atoms with van der Waals surface area (Å²) < 4.78 is 69.6. The number of aromatic nitrogens is 1. The Bertz CT molecular complexity index is 1480. The number of nitrogens with one attached hydrogen (secondary N) is 1. The fraction of sp³-hybridized carbons (Fsp3) is 0.154.